The molecule has 0 aromatic carbocycles. The second kappa shape index (κ2) is 6.18. The molecule has 0 bridgehead atoms. The highest BCUT2D eigenvalue weighted by Crippen LogP contribution is 2.42. The van der Waals surface area contributed by atoms with Gasteiger partial charge in [-0.2, -0.15) is 0 Å². The van der Waals surface area contributed by atoms with Gasteiger partial charge in [-0.15, -0.1) is 0 Å². The molecule has 120 valence electrons. The average Bonchev–Trinajstić information content (AvgIpc) is 2.55. The summed E-state index contributed by atoms with van der Waals surface area (Å²) in [6, 6.07) is 1.73. The molecule has 2 saturated heterocycles. The first kappa shape index (κ1) is 15.2. The standard InChI is InChI=1S/C15H22N4O3/c20-10-9-18-7-1-4-15(13(21)22)11-19(8-3-12(15)18)14-16-5-2-6-17-14/h2,5-6,12,20H,1,3-4,7-11H2,(H,21,22)/t12-,15+/m1/s1. The second-order valence-electron chi connectivity index (χ2n) is 6.10. The number of carboxylic acids is 1. The van der Waals surface area contributed by atoms with Crippen molar-refractivity contribution >= 4 is 11.9 Å². The summed E-state index contributed by atoms with van der Waals surface area (Å²) in [5.41, 5.74) is -0.801. The molecule has 0 amide bonds. The fraction of sp³-hybridized carbons (Fsp3) is 0.667. The maximum absolute atomic E-state index is 12.1. The number of likely N-dealkylation sites (tertiary alicyclic amines) is 1. The lowest BCUT2D eigenvalue weighted by atomic mass is 9.69. The summed E-state index contributed by atoms with van der Waals surface area (Å²) in [6.07, 6.45) is 5.62. The van der Waals surface area contributed by atoms with Crippen LogP contribution in [0.1, 0.15) is 19.3 Å². The van der Waals surface area contributed by atoms with Gasteiger partial charge in [-0.3, -0.25) is 9.69 Å². The van der Waals surface area contributed by atoms with E-state index in [1.54, 1.807) is 18.5 Å². The average molecular weight is 306 g/mol. The topological polar surface area (TPSA) is 89.8 Å². The van der Waals surface area contributed by atoms with Gasteiger partial charge in [-0.05, 0) is 31.9 Å². The normalized spacial score (nSPS) is 29.1. The molecule has 2 atom stereocenters. The smallest absolute Gasteiger partial charge is 0.313 e. The van der Waals surface area contributed by atoms with E-state index in [-0.39, 0.29) is 12.6 Å². The van der Waals surface area contributed by atoms with E-state index in [1.165, 1.54) is 0 Å². The van der Waals surface area contributed by atoms with Gasteiger partial charge in [0.1, 0.15) is 5.41 Å². The largest absolute Gasteiger partial charge is 0.481 e. The van der Waals surface area contributed by atoms with E-state index < -0.39 is 11.4 Å². The summed E-state index contributed by atoms with van der Waals surface area (Å²) in [5.74, 6) is -0.151. The number of anilines is 1. The molecular formula is C15H22N4O3. The Kier molecular flexibility index (Phi) is 4.26. The highest BCUT2D eigenvalue weighted by Gasteiger charge is 2.53. The van der Waals surface area contributed by atoms with Crippen LogP contribution in [0.5, 0.6) is 0 Å². The molecule has 3 rings (SSSR count). The Bertz CT molecular complexity index is 525. The number of aliphatic hydroxyl groups is 1. The van der Waals surface area contributed by atoms with Crippen LogP contribution in [-0.2, 0) is 4.79 Å². The minimum atomic E-state index is -0.801. The fourth-order valence-electron chi connectivity index (χ4n) is 3.95. The Morgan fingerprint density at radius 2 is 2.14 bits per heavy atom. The number of aliphatic carboxylic acids is 1. The molecule has 0 aliphatic carbocycles. The van der Waals surface area contributed by atoms with E-state index in [1.807, 2.05) is 4.90 Å². The maximum Gasteiger partial charge on any atom is 0.313 e. The van der Waals surface area contributed by atoms with Gasteiger partial charge in [0.05, 0.1) is 6.61 Å². The third kappa shape index (κ3) is 2.55. The van der Waals surface area contributed by atoms with Crippen molar-refractivity contribution in [2.75, 3.05) is 37.7 Å². The molecule has 0 spiro atoms. The zero-order chi connectivity index (χ0) is 15.6. The minimum absolute atomic E-state index is 0.0223. The molecule has 0 unspecified atom stereocenters. The molecular weight excluding hydrogens is 284 g/mol. The number of hydrogen-bond donors (Lipinski definition) is 2. The van der Waals surface area contributed by atoms with E-state index >= 15 is 0 Å². The number of aromatic nitrogens is 2. The first-order valence-corrected chi connectivity index (χ1v) is 7.77. The van der Waals surface area contributed by atoms with E-state index in [4.69, 9.17) is 0 Å². The molecule has 2 aliphatic rings. The highest BCUT2D eigenvalue weighted by atomic mass is 16.4. The van der Waals surface area contributed by atoms with Crippen LogP contribution in [0.25, 0.3) is 0 Å². The quantitative estimate of drug-likeness (QED) is 0.822. The lowest BCUT2D eigenvalue weighted by Crippen LogP contribution is -2.64. The van der Waals surface area contributed by atoms with Crippen molar-refractivity contribution in [1.82, 2.24) is 14.9 Å². The molecule has 2 fully saturated rings. The number of aliphatic hydroxyl groups excluding tert-OH is 1. The van der Waals surface area contributed by atoms with Gasteiger partial charge in [0, 0.05) is 38.1 Å². The number of β-amino-alcohol motifs (C(OH)–C–C–N with tert-alkyl or cyclic N) is 1. The summed E-state index contributed by atoms with van der Waals surface area (Å²) < 4.78 is 0. The van der Waals surface area contributed by atoms with Crippen LogP contribution in [0.15, 0.2) is 18.5 Å². The molecule has 7 nitrogen and oxygen atoms in total. The van der Waals surface area contributed by atoms with Crippen LogP contribution in [0.4, 0.5) is 5.95 Å². The van der Waals surface area contributed by atoms with E-state index in [2.05, 4.69) is 14.9 Å². The van der Waals surface area contributed by atoms with Crippen LogP contribution in [0, 0.1) is 5.41 Å². The van der Waals surface area contributed by atoms with Crippen molar-refractivity contribution in [3.05, 3.63) is 18.5 Å². The molecule has 2 N–H and O–H groups in total. The summed E-state index contributed by atoms with van der Waals surface area (Å²) in [5, 5.41) is 19.2. The van der Waals surface area contributed by atoms with Crippen molar-refractivity contribution < 1.29 is 15.0 Å². The minimum Gasteiger partial charge on any atom is -0.481 e. The number of carboxylic acid groups (broad SMARTS) is 1. The van der Waals surface area contributed by atoms with Crippen molar-refractivity contribution in [2.45, 2.75) is 25.3 Å². The van der Waals surface area contributed by atoms with Crippen LogP contribution in [0.3, 0.4) is 0 Å². The summed E-state index contributed by atoms with van der Waals surface area (Å²) in [7, 11) is 0. The van der Waals surface area contributed by atoms with E-state index in [9.17, 15) is 15.0 Å². The number of piperidine rings is 2. The summed E-state index contributed by atoms with van der Waals surface area (Å²) >= 11 is 0. The van der Waals surface area contributed by atoms with Crippen molar-refractivity contribution in [3.8, 4) is 0 Å². The van der Waals surface area contributed by atoms with Crippen molar-refractivity contribution in [2.24, 2.45) is 5.41 Å². The molecule has 22 heavy (non-hydrogen) atoms. The first-order chi connectivity index (χ1) is 10.7. The Morgan fingerprint density at radius 3 is 2.82 bits per heavy atom. The Hall–Kier alpha value is -1.73. The van der Waals surface area contributed by atoms with Gasteiger partial charge in [-0.1, -0.05) is 0 Å². The number of fused-ring (bicyclic) bond motifs is 1. The van der Waals surface area contributed by atoms with Crippen LogP contribution >= 0.6 is 0 Å². The number of nitrogens with zero attached hydrogens (tertiary/aromatic N) is 4. The zero-order valence-corrected chi connectivity index (χ0v) is 12.6. The monoisotopic (exact) mass is 306 g/mol. The Balaban J connectivity index is 1.87. The third-order valence-corrected chi connectivity index (χ3v) is 4.94. The molecule has 7 heteroatoms. The van der Waals surface area contributed by atoms with Gasteiger partial charge >= 0.3 is 5.97 Å². The van der Waals surface area contributed by atoms with Gasteiger partial charge in [0.25, 0.3) is 0 Å². The first-order valence-electron chi connectivity index (χ1n) is 7.77. The SMILES string of the molecule is O=C(O)[C@]12CCCN(CCO)[C@@H]1CCN(c1ncccn1)C2. The van der Waals surface area contributed by atoms with Crippen LogP contribution in [0.2, 0.25) is 0 Å². The maximum atomic E-state index is 12.1. The number of hydrogen-bond acceptors (Lipinski definition) is 6. The zero-order valence-electron chi connectivity index (χ0n) is 12.6. The Morgan fingerprint density at radius 1 is 1.36 bits per heavy atom. The van der Waals surface area contributed by atoms with Crippen molar-refractivity contribution in [1.29, 1.82) is 0 Å². The molecule has 0 saturated carbocycles. The molecule has 1 aromatic heterocycles. The van der Waals surface area contributed by atoms with E-state index in [0.29, 0.717) is 25.5 Å². The van der Waals surface area contributed by atoms with Crippen LogP contribution in [-0.4, -0.2) is 69.9 Å². The lowest BCUT2D eigenvalue weighted by Gasteiger charge is -2.52. The highest BCUT2D eigenvalue weighted by molar-refractivity contribution is 5.77. The van der Waals surface area contributed by atoms with Crippen molar-refractivity contribution in [3.63, 3.8) is 0 Å². The predicted molar refractivity (Wildman–Crippen MR) is 80.6 cm³/mol. The summed E-state index contributed by atoms with van der Waals surface area (Å²) in [6.45, 7) is 2.64. The lowest BCUT2D eigenvalue weighted by molar-refractivity contribution is -0.158. The van der Waals surface area contributed by atoms with Gasteiger partial charge in [-0.25, -0.2) is 9.97 Å². The number of carbonyl (C=O) groups is 1. The summed E-state index contributed by atoms with van der Waals surface area (Å²) in [4.78, 5) is 24.7. The van der Waals surface area contributed by atoms with Crippen LogP contribution < -0.4 is 4.90 Å². The molecule has 0 radical (unpaired) electrons. The number of rotatable bonds is 4. The molecule has 1 aromatic rings. The Labute approximate surface area is 129 Å². The molecule has 3 heterocycles. The van der Waals surface area contributed by atoms with Gasteiger partial charge < -0.3 is 15.1 Å². The molecule has 2 aliphatic heterocycles. The van der Waals surface area contributed by atoms with Gasteiger partial charge in [0.15, 0.2) is 0 Å². The van der Waals surface area contributed by atoms with Gasteiger partial charge in [0.2, 0.25) is 5.95 Å². The fourth-order valence-corrected chi connectivity index (χ4v) is 3.95. The van der Waals surface area contributed by atoms with E-state index in [0.717, 1.165) is 25.9 Å². The second-order valence-corrected chi connectivity index (χ2v) is 6.10. The third-order valence-electron chi connectivity index (χ3n) is 4.94. The predicted octanol–water partition coefficient (Wildman–Crippen LogP) is 0.214.